The Hall–Kier alpha value is -1.06. The second kappa shape index (κ2) is 7.65. The van der Waals surface area contributed by atoms with Crippen molar-refractivity contribution in [2.75, 3.05) is 6.54 Å². The third-order valence-electron chi connectivity index (χ3n) is 4.21. The lowest BCUT2D eigenvalue weighted by Crippen LogP contribution is -2.46. The maximum absolute atomic E-state index is 12.6. The molecule has 0 aliphatic carbocycles. The Morgan fingerprint density at radius 1 is 1.25 bits per heavy atom. The lowest BCUT2D eigenvalue weighted by molar-refractivity contribution is -0.131. The Balaban J connectivity index is 2.87. The van der Waals surface area contributed by atoms with Crippen molar-refractivity contribution in [2.24, 2.45) is 11.1 Å². The first-order chi connectivity index (χ1) is 9.52. The van der Waals surface area contributed by atoms with Crippen molar-refractivity contribution >= 4 is 17.5 Å². The first-order valence-electron chi connectivity index (χ1n) is 7.29. The molecule has 4 heteroatoms. The van der Waals surface area contributed by atoms with Crippen LogP contribution in [0.1, 0.15) is 51.6 Å². The van der Waals surface area contributed by atoms with Crippen molar-refractivity contribution in [1.82, 2.24) is 5.32 Å². The van der Waals surface area contributed by atoms with E-state index < -0.39 is 5.41 Å². The molecule has 0 aliphatic heterocycles. The Morgan fingerprint density at radius 2 is 1.80 bits per heavy atom. The lowest BCUT2D eigenvalue weighted by atomic mass is 9.81. The lowest BCUT2D eigenvalue weighted by Gasteiger charge is -2.31. The van der Waals surface area contributed by atoms with Crippen LogP contribution < -0.4 is 11.1 Å². The minimum atomic E-state index is -0.458. The summed E-state index contributed by atoms with van der Waals surface area (Å²) in [6.07, 6.45) is 2.34. The van der Waals surface area contributed by atoms with Crippen LogP contribution in [0.15, 0.2) is 24.3 Å². The molecule has 1 aromatic rings. The Kier molecular flexibility index (Phi) is 6.50. The second-order valence-electron chi connectivity index (χ2n) is 5.18. The van der Waals surface area contributed by atoms with Crippen molar-refractivity contribution in [3.63, 3.8) is 0 Å². The van der Waals surface area contributed by atoms with Crippen LogP contribution in [0, 0.1) is 5.41 Å². The van der Waals surface area contributed by atoms with E-state index in [1.165, 1.54) is 0 Å². The summed E-state index contributed by atoms with van der Waals surface area (Å²) in [5.74, 6) is 0.0480. The van der Waals surface area contributed by atoms with E-state index in [9.17, 15) is 4.79 Å². The fourth-order valence-corrected chi connectivity index (χ4v) is 2.51. The summed E-state index contributed by atoms with van der Waals surface area (Å²) in [5.41, 5.74) is 6.44. The van der Waals surface area contributed by atoms with Gasteiger partial charge < -0.3 is 11.1 Å². The van der Waals surface area contributed by atoms with Gasteiger partial charge in [-0.25, -0.2) is 0 Å². The molecule has 0 aromatic heterocycles. The van der Waals surface area contributed by atoms with Crippen molar-refractivity contribution in [1.29, 1.82) is 0 Å². The average Bonchev–Trinajstić information content (AvgIpc) is 2.48. The van der Waals surface area contributed by atoms with Crippen LogP contribution >= 0.6 is 11.6 Å². The van der Waals surface area contributed by atoms with Gasteiger partial charge in [-0.05, 0) is 37.0 Å². The molecule has 3 N–H and O–H groups in total. The number of nitrogens with one attached hydrogen (secondary N) is 1. The molecule has 0 fully saturated rings. The summed E-state index contributed by atoms with van der Waals surface area (Å²) in [4.78, 5) is 12.6. The summed E-state index contributed by atoms with van der Waals surface area (Å²) in [6.45, 7) is 6.46. The summed E-state index contributed by atoms with van der Waals surface area (Å²) < 4.78 is 0. The predicted molar refractivity (Wildman–Crippen MR) is 84.7 cm³/mol. The van der Waals surface area contributed by atoms with E-state index >= 15 is 0 Å². The molecule has 3 nitrogen and oxygen atoms in total. The SMILES string of the molecule is CCC(NC(=O)C(CC)(CC)CN)c1ccc(Cl)cc1. The van der Waals surface area contributed by atoms with Gasteiger partial charge in [0.05, 0.1) is 11.5 Å². The van der Waals surface area contributed by atoms with Gasteiger partial charge >= 0.3 is 0 Å². The molecule has 1 aromatic carbocycles. The minimum Gasteiger partial charge on any atom is -0.349 e. The third kappa shape index (κ3) is 3.74. The van der Waals surface area contributed by atoms with Gasteiger partial charge in [0.1, 0.15) is 0 Å². The molecule has 1 unspecified atom stereocenters. The van der Waals surface area contributed by atoms with Crippen molar-refractivity contribution < 1.29 is 4.79 Å². The predicted octanol–water partition coefficient (Wildman–Crippen LogP) is 3.67. The molecule has 0 aliphatic rings. The summed E-state index contributed by atoms with van der Waals surface area (Å²) in [6, 6.07) is 7.62. The molecule has 0 saturated heterocycles. The van der Waals surface area contributed by atoms with Gasteiger partial charge in [-0.15, -0.1) is 0 Å². The number of amides is 1. The van der Waals surface area contributed by atoms with E-state index in [2.05, 4.69) is 12.2 Å². The van der Waals surface area contributed by atoms with Gasteiger partial charge in [-0.2, -0.15) is 0 Å². The van der Waals surface area contributed by atoms with Crippen molar-refractivity contribution in [3.05, 3.63) is 34.9 Å². The molecule has 0 bridgehead atoms. The Morgan fingerprint density at radius 3 is 2.20 bits per heavy atom. The van der Waals surface area contributed by atoms with E-state index in [0.717, 1.165) is 24.8 Å². The highest BCUT2D eigenvalue weighted by molar-refractivity contribution is 6.30. The van der Waals surface area contributed by atoms with Gasteiger partial charge in [-0.3, -0.25) is 4.79 Å². The van der Waals surface area contributed by atoms with Crippen molar-refractivity contribution in [3.8, 4) is 0 Å². The van der Waals surface area contributed by atoms with Gasteiger partial charge in [0.2, 0.25) is 5.91 Å². The molecule has 0 heterocycles. The van der Waals surface area contributed by atoms with E-state index in [4.69, 9.17) is 17.3 Å². The zero-order chi connectivity index (χ0) is 15.2. The molecule has 1 amide bonds. The normalized spacial score (nSPS) is 13.1. The van der Waals surface area contributed by atoms with E-state index in [1.807, 2.05) is 38.1 Å². The van der Waals surface area contributed by atoms with E-state index in [0.29, 0.717) is 11.6 Å². The fourth-order valence-electron chi connectivity index (χ4n) is 2.38. The highest BCUT2D eigenvalue weighted by Gasteiger charge is 2.34. The number of carbonyl (C=O) groups is 1. The molecule has 112 valence electrons. The number of rotatable bonds is 7. The zero-order valence-electron chi connectivity index (χ0n) is 12.6. The number of nitrogens with two attached hydrogens (primary N) is 1. The molecule has 0 saturated carbocycles. The number of hydrogen-bond acceptors (Lipinski definition) is 2. The molecular formula is C16H25ClN2O. The van der Waals surface area contributed by atoms with Crippen LogP contribution in [0.5, 0.6) is 0 Å². The van der Waals surface area contributed by atoms with Crippen LogP contribution in [-0.4, -0.2) is 12.5 Å². The van der Waals surface area contributed by atoms with E-state index in [1.54, 1.807) is 0 Å². The van der Waals surface area contributed by atoms with Gasteiger partial charge in [-0.1, -0.05) is 44.5 Å². The van der Waals surface area contributed by atoms with E-state index in [-0.39, 0.29) is 11.9 Å². The second-order valence-corrected chi connectivity index (χ2v) is 5.61. The Bertz CT molecular complexity index is 418. The standard InChI is InChI=1S/C16H25ClN2O/c1-4-14(12-7-9-13(17)10-8-12)19-15(20)16(5-2,6-3)11-18/h7-10,14H,4-6,11,18H2,1-3H3,(H,19,20). The van der Waals surface area contributed by atoms with Crippen LogP contribution in [0.4, 0.5) is 0 Å². The van der Waals surface area contributed by atoms with Gasteiger partial charge in [0.15, 0.2) is 0 Å². The monoisotopic (exact) mass is 296 g/mol. The third-order valence-corrected chi connectivity index (χ3v) is 4.46. The quantitative estimate of drug-likeness (QED) is 0.806. The molecule has 1 atom stereocenters. The van der Waals surface area contributed by atoms with Crippen LogP contribution in [-0.2, 0) is 4.79 Å². The molecule has 20 heavy (non-hydrogen) atoms. The first-order valence-corrected chi connectivity index (χ1v) is 7.67. The maximum Gasteiger partial charge on any atom is 0.227 e. The molecule has 0 radical (unpaired) electrons. The molecule has 1 rings (SSSR count). The zero-order valence-corrected chi connectivity index (χ0v) is 13.3. The molecule has 0 spiro atoms. The topological polar surface area (TPSA) is 55.1 Å². The smallest absolute Gasteiger partial charge is 0.227 e. The van der Waals surface area contributed by atoms with Crippen LogP contribution in [0.2, 0.25) is 5.02 Å². The fraction of sp³-hybridized carbons (Fsp3) is 0.562. The summed E-state index contributed by atoms with van der Waals surface area (Å²) in [5, 5.41) is 3.84. The first kappa shape index (κ1) is 17.0. The van der Waals surface area contributed by atoms with Gasteiger partial charge in [0, 0.05) is 11.6 Å². The van der Waals surface area contributed by atoms with Gasteiger partial charge in [0.25, 0.3) is 0 Å². The average molecular weight is 297 g/mol. The highest BCUT2D eigenvalue weighted by atomic mass is 35.5. The number of benzene rings is 1. The number of hydrogen-bond donors (Lipinski definition) is 2. The summed E-state index contributed by atoms with van der Waals surface area (Å²) >= 11 is 5.90. The van der Waals surface area contributed by atoms with Crippen molar-refractivity contribution in [2.45, 2.75) is 46.1 Å². The Labute approximate surface area is 126 Å². The molecular weight excluding hydrogens is 272 g/mol. The van der Waals surface area contributed by atoms with Crippen LogP contribution in [0.25, 0.3) is 0 Å². The largest absolute Gasteiger partial charge is 0.349 e. The number of carbonyl (C=O) groups excluding carboxylic acids is 1. The summed E-state index contributed by atoms with van der Waals surface area (Å²) in [7, 11) is 0. The maximum atomic E-state index is 12.6. The minimum absolute atomic E-state index is 0.00351. The number of halogens is 1. The van der Waals surface area contributed by atoms with Crippen LogP contribution in [0.3, 0.4) is 0 Å². The highest BCUT2D eigenvalue weighted by Crippen LogP contribution is 2.27.